The third-order valence-electron chi connectivity index (χ3n) is 12.1. The molecular formula is C40H69O4PSi3. The van der Waals surface area contributed by atoms with Crippen LogP contribution in [-0.4, -0.2) is 49.9 Å². The van der Waals surface area contributed by atoms with Crippen molar-refractivity contribution in [2.45, 2.75) is 148 Å². The molecule has 0 saturated heterocycles. The average molecular weight is 729 g/mol. The van der Waals surface area contributed by atoms with Crippen LogP contribution in [-0.2, 0) is 17.8 Å². The Morgan fingerprint density at radius 1 is 0.667 bits per heavy atom. The van der Waals surface area contributed by atoms with E-state index in [4.69, 9.17) is 13.3 Å². The van der Waals surface area contributed by atoms with Crippen LogP contribution in [0.2, 0.25) is 54.4 Å². The van der Waals surface area contributed by atoms with Crippen LogP contribution in [0.3, 0.4) is 0 Å². The summed E-state index contributed by atoms with van der Waals surface area (Å²) in [7, 11) is -9.02. The Labute approximate surface area is 298 Å². The topological polar surface area (TPSA) is 44.8 Å². The van der Waals surface area contributed by atoms with E-state index < -0.39 is 32.1 Å². The lowest BCUT2D eigenvalue weighted by Crippen LogP contribution is -2.52. The van der Waals surface area contributed by atoms with E-state index >= 15 is 4.57 Å². The molecule has 48 heavy (non-hydrogen) atoms. The van der Waals surface area contributed by atoms with Crippen LogP contribution in [0, 0.1) is 5.92 Å². The number of hydrogen-bond acceptors (Lipinski definition) is 4. The summed E-state index contributed by atoms with van der Waals surface area (Å²) < 4.78 is 36.6. The molecule has 4 nitrogen and oxygen atoms in total. The highest BCUT2D eigenvalue weighted by molar-refractivity contribution is 7.78. The molecule has 0 fully saturated rings. The molecule has 0 N–H and O–H groups in total. The van der Waals surface area contributed by atoms with Gasteiger partial charge in [0.05, 0.1) is 12.2 Å². The van der Waals surface area contributed by atoms with E-state index in [9.17, 15) is 0 Å². The van der Waals surface area contributed by atoms with Crippen LogP contribution in [0.4, 0.5) is 0 Å². The molecule has 270 valence electrons. The third kappa shape index (κ3) is 10.0. The monoisotopic (exact) mass is 728 g/mol. The Morgan fingerprint density at radius 2 is 1.10 bits per heavy atom. The van der Waals surface area contributed by atoms with Gasteiger partial charge in [-0.3, -0.25) is 0 Å². The van der Waals surface area contributed by atoms with Crippen molar-refractivity contribution in [1.29, 1.82) is 0 Å². The lowest BCUT2D eigenvalue weighted by atomic mass is 9.82. The molecule has 8 heteroatoms. The predicted molar refractivity (Wildman–Crippen MR) is 217 cm³/mol. The van der Waals surface area contributed by atoms with Crippen LogP contribution < -0.4 is 10.6 Å². The van der Waals surface area contributed by atoms with Crippen LogP contribution in [0.1, 0.15) is 81.6 Å². The summed E-state index contributed by atoms with van der Waals surface area (Å²) in [6.45, 7) is 35.8. The first kappa shape index (κ1) is 41.4. The van der Waals surface area contributed by atoms with Crippen molar-refractivity contribution in [3.63, 3.8) is 0 Å². The fraction of sp³-hybridized carbons (Fsp3) is 0.650. The fourth-order valence-corrected chi connectivity index (χ4v) is 12.0. The van der Waals surface area contributed by atoms with Crippen LogP contribution in [0.15, 0.2) is 72.3 Å². The largest absolute Gasteiger partial charge is 0.417 e. The summed E-state index contributed by atoms with van der Waals surface area (Å²) in [4.78, 5) is 0. The van der Waals surface area contributed by atoms with E-state index in [1.807, 2.05) is 60.7 Å². The van der Waals surface area contributed by atoms with Crippen molar-refractivity contribution >= 4 is 42.7 Å². The second-order valence-electron chi connectivity index (χ2n) is 18.7. The van der Waals surface area contributed by atoms with Gasteiger partial charge in [0.2, 0.25) is 0 Å². The Bertz CT molecular complexity index is 1360. The first-order valence-electron chi connectivity index (χ1n) is 18.2. The molecule has 1 aliphatic carbocycles. The highest BCUT2D eigenvalue weighted by Gasteiger charge is 2.47. The van der Waals surface area contributed by atoms with E-state index in [0.717, 1.165) is 36.5 Å². The van der Waals surface area contributed by atoms with Crippen molar-refractivity contribution in [1.82, 2.24) is 0 Å². The van der Waals surface area contributed by atoms with Gasteiger partial charge in [0.25, 0.3) is 0 Å². The minimum absolute atomic E-state index is 0.0245. The van der Waals surface area contributed by atoms with Crippen LogP contribution in [0.5, 0.6) is 0 Å². The van der Waals surface area contributed by atoms with Gasteiger partial charge in [0.1, 0.15) is 7.14 Å². The molecule has 2 aromatic rings. The maximum absolute atomic E-state index is 15.0. The summed E-state index contributed by atoms with van der Waals surface area (Å²) in [6, 6.07) is 20.2. The van der Waals surface area contributed by atoms with Gasteiger partial charge in [-0.05, 0) is 73.7 Å². The van der Waals surface area contributed by atoms with Gasteiger partial charge in [-0.25, -0.2) is 0 Å². The molecule has 0 spiro atoms. The minimum atomic E-state index is -2.85. The Hall–Kier alpha value is -1.06. The zero-order chi connectivity index (χ0) is 36.4. The van der Waals surface area contributed by atoms with Gasteiger partial charge >= 0.3 is 0 Å². The molecule has 1 unspecified atom stereocenters. The summed E-state index contributed by atoms with van der Waals surface area (Å²) in [5.74, 6) is 0.191. The molecular weight excluding hydrogens is 660 g/mol. The Balaban J connectivity index is 2.07. The maximum atomic E-state index is 15.0. The molecule has 0 aliphatic heterocycles. The third-order valence-corrected chi connectivity index (χ3v) is 28.7. The number of benzene rings is 2. The molecule has 0 saturated carbocycles. The normalized spacial score (nSPS) is 20.5. The Kier molecular flexibility index (Phi) is 13.2. The summed E-state index contributed by atoms with van der Waals surface area (Å²) in [5, 5.41) is 2.18. The Morgan fingerprint density at radius 3 is 1.54 bits per heavy atom. The van der Waals surface area contributed by atoms with Crippen molar-refractivity contribution < 1.29 is 17.8 Å². The molecule has 3 atom stereocenters. The van der Waals surface area contributed by atoms with E-state index in [1.165, 1.54) is 5.57 Å². The second kappa shape index (κ2) is 15.3. The number of hydrogen-bond donors (Lipinski definition) is 0. The molecule has 0 bridgehead atoms. The zero-order valence-corrected chi connectivity index (χ0v) is 37.1. The van der Waals surface area contributed by atoms with E-state index in [2.05, 4.69) is 108 Å². The van der Waals surface area contributed by atoms with E-state index in [1.54, 1.807) is 0 Å². The van der Waals surface area contributed by atoms with Gasteiger partial charge in [-0.15, -0.1) is 0 Å². The fourth-order valence-electron chi connectivity index (χ4n) is 5.62. The van der Waals surface area contributed by atoms with Crippen molar-refractivity contribution in [2.75, 3.05) is 12.8 Å². The number of rotatable bonds is 13. The molecule has 0 aromatic heterocycles. The van der Waals surface area contributed by atoms with Gasteiger partial charge < -0.3 is 17.8 Å². The highest BCUT2D eigenvalue weighted by atomic mass is 31.2. The van der Waals surface area contributed by atoms with Gasteiger partial charge in [-0.1, -0.05) is 135 Å². The summed E-state index contributed by atoms with van der Waals surface area (Å²) in [5.41, 5.74) is 1.32. The molecule has 2 aromatic carbocycles. The maximum Gasteiger partial charge on any atom is 0.192 e. The second-order valence-corrected chi connectivity index (χ2v) is 36.0. The smallest absolute Gasteiger partial charge is 0.192 e. The van der Waals surface area contributed by atoms with Crippen molar-refractivity contribution in [3.8, 4) is 0 Å². The van der Waals surface area contributed by atoms with Gasteiger partial charge in [0.15, 0.2) is 25.0 Å². The SMILES string of the molecule is CC(C)(C)[Si](C)(C)OCCC1[C@H](O[Si](C)(C)C(C)(C)C)C=C(CCP(=O)(c2ccccc2)c2ccccc2)C[C@H]1O[Si](C)(C)C(C)(C)C. The summed E-state index contributed by atoms with van der Waals surface area (Å²) >= 11 is 0. The quantitative estimate of drug-likeness (QED) is 0.117. The molecule has 0 radical (unpaired) electrons. The highest BCUT2D eigenvalue weighted by Crippen LogP contribution is 2.48. The van der Waals surface area contributed by atoms with Crippen molar-refractivity contribution in [3.05, 3.63) is 72.3 Å². The molecule has 1 aliphatic rings. The zero-order valence-electron chi connectivity index (χ0n) is 33.2. The average Bonchev–Trinajstić information content (AvgIpc) is 2.96. The van der Waals surface area contributed by atoms with E-state index in [0.29, 0.717) is 6.16 Å². The molecule has 0 amide bonds. The lowest BCUT2D eigenvalue weighted by molar-refractivity contribution is 0.0249. The minimum Gasteiger partial charge on any atom is -0.417 e. The van der Waals surface area contributed by atoms with Gasteiger partial charge in [-0.2, -0.15) is 0 Å². The van der Waals surface area contributed by atoms with Crippen LogP contribution in [0.25, 0.3) is 0 Å². The van der Waals surface area contributed by atoms with Crippen LogP contribution >= 0.6 is 7.14 Å². The van der Waals surface area contributed by atoms with E-state index in [-0.39, 0.29) is 33.2 Å². The predicted octanol–water partition coefficient (Wildman–Crippen LogP) is 11.5. The lowest BCUT2D eigenvalue weighted by Gasteiger charge is -2.48. The molecule has 3 rings (SSSR count). The van der Waals surface area contributed by atoms with Gasteiger partial charge in [0, 0.05) is 29.3 Å². The summed E-state index contributed by atoms with van der Waals surface area (Å²) in [6.07, 6.45) is 5.47. The molecule has 0 heterocycles. The first-order chi connectivity index (χ1) is 21.8. The first-order valence-corrected chi connectivity index (χ1v) is 28.8. The standard InChI is InChI=1S/C40H69O4PSi3/c1-38(2,3)46(10,11)42-28-26-35-36(43-47(12,13)39(4,5)6)30-32(31-37(35)44-48(14,15)40(7,8)9)27-29-45(41,33-22-18-16-19-23-33)34-24-20-17-21-25-34/h16-25,30,35-37H,26-29,31H2,1-15H3/t35?,36-,37-/m1/s1. The van der Waals surface area contributed by atoms with Crippen molar-refractivity contribution in [2.24, 2.45) is 5.92 Å².